The van der Waals surface area contributed by atoms with Crippen molar-refractivity contribution in [3.05, 3.63) is 50.3 Å². The first-order valence-electron chi connectivity index (χ1n) is 6.40. The highest BCUT2D eigenvalue weighted by molar-refractivity contribution is 9.10. The van der Waals surface area contributed by atoms with E-state index >= 15 is 0 Å². The average molecular weight is 430 g/mol. The number of rotatable bonds is 4. The monoisotopic (exact) mass is 428 g/mol. The summed E-state index contributed by atoms with van der Waals surface area (Å²) in [6, 6.07) is 7.22. The molecule has 5 nitrogen and oxygen atoms in total. The molecule has 118 valence electrons. The number of anilines is 1. The number of aromatic nitrogens is 3. The van der Waals surface area contributed by atoms with Crippen LogP contribution in [0.15, 0.2) is 50.5 Å². The predicted octanol–water partition coefficient (Wildman–Crippen LogP) is 4.70. The van der Waals surface area contributed by atoms with Crippen LogP contribution in [0.1, 0.15) is 9.67 Å². The second-order valence-corrected chi connectivity index (χ2v) is 7.71. The van der Waals surface area contributed by atoms with Crippen molar-refractivity contribution in [2.45, 2.75) is 10.1 Å². The highest BCUT2D eigenvalue weighted by Crippen LogP contribution is 2.34. The van der Waals surface area contributed by atoms with E-state index in [1.807, 2.05) is 35.2 Å². The van der Waals surface area contributed by atoms with Crippen LogP contribution in [0.4, 0.5) is 5.69 Å². The van der Waals surface area contributed by atoms with Gasteiger partial charge in [0, 0.05) is 22.1 Å². The molecule has 0 radical (unpaired) electrons. The van der Waals surface area contributed by atoms with E-state index in [0.717, 1.165) is 14.5 Å². The van der Waals surface area contributed by atoms with E-state index in [-0.39, 0.29) is 5.91 Å². The minimum Gasteiger partial charge on any atom is -0.321 e. The molecule has 1 aromatic carbocycles. The minimum atomic E-state index is -0.170. The first-order valence-corrected chi connectivity index (χ1v) is 9.27. The van der Waals surface area contributed by atoms with Gasteiger partial charge < -0.3 is 9.88 Å². The molecule has 0 fully saturated rings. The van der Waals surface area contributed by atoms with Crippen LogP contribution in [0.3, 0.4) is 0 Å². The number of benzene rings is 1. The summed E-state index contributed by atoms with van der Waals surface area (Å²) in [6.45, 7) is 0. The third kappa shape index (κ3) is 3.77. The maximum absolute atomic E-state index is 12.2. The molecule has 3 rings (SSSR count). The fourth-order valence-electron chi connectivity index (χ4n) is 1.77. The summed E-state index contributed by atoms with van der Waals surface area (Å²) >= 11 is 12.4. The SMILES string of the molecule is Cn1cnnc1Sc1ccc(NC(=O)c2sccc2Br)cc1Cl. The van der Waals surface area contributed by atoms with Gasteiger partial charge >= 0.3 is 0 Å². The Bertz CT molecular complexity index is 864. The van der Waals surface area contributed by atoms with Crippen LogP contribution < -0.4 is 5.32 Å². The van der Waals surface area contributed by atoms with Crippen molar-refractivity contribution >= 4 is 62.2 Å². The van der Waals surface area contributed by atoms with E-state index < -0.39 is 0 Å². The molecule has 0 unspecified atom stereocenters. The molecule has 3 aromatic rings. The Kier molecular flexibility index (Phi) is 5.05. The third-order valence-electron chi connectivity index (χ3n) is 2.88. The Hall–Kier alpha value is -1.35. The van der Waals surface area contributed by atoms with Gasteiger partial charge in [-0.3, -0.25) is 4.79 Å². The van der Waals surface area contributed by atoms with Crippen molar-refractivity contribution in [2.75, 3.05) is 5.32 Å². The Morgan fingerprint density at radius 1 is 1.43 bits per heavy atom. The number of aryl methyl sites for hydroxylation is 1. The third-order valence-corrected chi connectivity index (χ3v) is 6.27. The molecule has 2 aromatic heterocycles. The van der Waals surface area contributed by atoms with Crippen molar-refractivity contribution < 1.29 is 4.79 Å². The van der Waals surface area contributed by atoms with Crippen LogP contribution in [0, 0.1) is 0 Å². The summed E-state index contributed by atoms with van der Waals surface area (Å²) in [7, 11) is 1.86. The van der Waals surface area contributed by atoms with Gasteiger partial charge in [-0.05, 0) is 57.3 Å². The lowest BCUT2D eigenvalue weighted by Gasteiger charge is -2.08. The maximum atomic E-state index is 12.2. The standard InChI is InChI=1S/C14H10BrClN4OS2/c1-20-7-17-19-14(20)23-11-3-2-8(6-10(11)16)18-13(21)12-9(15)4-5-22-12/h2-7H,1H3,(H,18,21). The Labute approximate surface area is 154 Å². The van der Waals surface area contributed by atoms with Gasteiger partial charge in [-0.2, -0.15) is 0 Å². The highest BCUT2D eigenvalue weighted by Gasteiger charge is 2.13. The maximum Gasteiger partial charge on any atom is 0.266 e. The zero-order chi connectivity index (χ0) is 16.4. The molecular weight excluding hydrogens is 420 g/mol. The Balaban J connectivity index is 1.76. The Morgan fingerprint density at radius 2 is 2.26 bits per heavy atom. The van der Waals surface area contributed by atoms with Crippen molar-refractivity contribution in [2.24, 2.45) is 7.05 Å². The molecule has 23 heavy (non-hydrogen) atoms. The lowest BCUT2D eigenvalue weighted by molar-refractivity contribution is 0.103. The van der Waals surface area contributed by atoms with E-state index in [0.29, 0.717) is 15.6 Å². The van der Waals surface area contributed by atoms with Crippen LogP contribution in [0.2, 0.25) is 5.02 Å². The van der Waals surface area contributed by atoms with Gasteiger partial charge in [0.05, 0.1) is 5.02 Å². The number of nitrogens with zero attached hydrogens (tertiary/aromatic N) is 3. The van der Waals surface area contributed by atoms with Crippen molar-refractivity contribution in [1.29, 1.82) is 0 Å². The van der Waals surface area contributed by atoms with E-state index in [9.17, 15) is 4.79 Å². The molecule has 0 bridgehead atoms. The molecular formula is C14H10BrClN4OS2. The van der Waals surface area contributed by atoms with Crippen LogP contribution in [0.5, 0.6) is 0 Å². The molecule has 0 aliphatic heterocycles. The molecule has 1 N–H and O–H groups in total. The minimum absolute atomic E-state index is 0.170. The topological polar surface area (TPSA) is 59.8 Å². The van der Waals surface area contributed by atoms with Gasteiger partial charge in [0.15, 0.2) is 5.16 Å². The van der Waals surface area contributed by atoms with Crippen LogP contribution in [-0.2, 0) is 7.05 Å². The number of nitrogens with one attached hydrogen (secondary N) is 1. The smallest absolute Gasteiger partial charge is 0.266 e. The van der Waals surface area contributed by atoms with Crippen molar-refractivity contribution in [1.82, 2.24) is 14.8 Å². The van der Waals surface area contributed by atoms with Gasteiger partial charge in [0.2, 0.25) is 0 Å². The molecule has 1 amide bonds. The molecule has 0 atom stereocenters. The van der Waals surface area contributed by atoms with Crippen molar-refractivity contribution in [3.8, 4) is 0 Å². The van der Waals surface area contributed by atoms with Crippen LogP contribution in [-0.4, -0.2) is 20.7 Å². The number of thiophene rings is 1. The van der Waals surface area contributed by atoms with E-state index in [2.05, 4.69) is 31.4 Å². The molecule has 0 aliphatic carbocycles. The quantitative estimate of drug-likeness (QED) is 0.653. The zero-order valence-corrected chi connectivity index (χ0v) is 15.8. The van der Waals surface area contributed by atoms with Gasteiger partial charge in [0.1, 0.15) is 11.2 Å². The van der Waals surface area contributed by atoms with E-state index in [1.54, 1.807) is 12.4 Å². The fourth-order valence-corrected chi connectivity index (χ4v) is 4.28. The lowest BCUT2D eigenvalue weighted by Crippen LogP contribution is -2.10. The number of hydrogen-bond donors (Lipinski definition) is 1. The first kappa shape index (κ1) is 16.5. The molecule has 0 aliphatic rings. The van der Waals surface area contributed by atoms with E-state index in [4.69, 9.17) is 11.6 Å². The summed E-state index contributed by atoms with van der Waals surface area (Å²) in [5.41, 5.74) is 0.641. The van der Waals surface area contributed by atoms with Crippen LogP contribution >= 0.6 is 50.6 Å². The summed E-state index contributed by atoms with van der Waals surface area (Å²) in [5.74, 6) is -0.170. The lowest BCUT2D eigenvalue weighted by atomic mass is 10.3. The molecule has 0 saturated heterocycles. The average Bonchev–Trinajstić information content (AvgIpc) is 3.11. The second-order valence-electron chi connectivity index (χ2n) is 4.52. The summed E-state index contributed by atoms with van der Waals surface area (Å²) in [6.07, 6.45) is 1.63. The summed E-state index contributed by atoms with van der Waals surface area (Å²) in [4.78, 5) is 13.7. The Morgan fingerprint density at radius 3 is 2.87 bits per heavy atom. The summed E-state index contributed by atoms with van der Waals surface area (Å²) < 4.78 is 2.59. The number of carbonyl (C=O) groups is 1. The number of amides is 1. The van der Waals surface area contributed by atoms with E-state index in [1.165, 1.54) is 23.1 Å². The first-order chi connectivity index (χ1) is 11.0. The van der Waals surface area contributed by atoms with Gasteiger partial charge in [-0.1, -0.05) is 11.6 Å². The van der Waals surface area contributed by atoms with Crippen LogP contribution in [0.25, 0.3) is 0 Å². The fraction of sp³-hybridized carbons (Fsp3) is 0.0714. The second kappa shape index (κ2) is 7.04. The predicted molar refractivity (Wildman–Crippen MR) is 96.6 cm³/mol. The molecule has 0 saturated carbocycles. The number of hydrogen-bond acceptors (Lipinski definition) is 5. The normalized spacial score (nSPS) is 10.7. The van der Waals surface area contributed by atoms with Gasteiger partial charge in [-0.25, -0.2) is 0 Å². The number of carbonyl (C=O) groups excluding carboxylic acids is 1. The number of halogens is 2. The molecule has 0 spiro atoms. The summed E-state index contributed by atoms with van der Waals surface area (Å²) in [5, 5.41) is 13.8. The van der Waals surface area contributed by atoms with Gasteiger partial charge in [0.25, 0.3) is 5.91 Å². The highest BCUT2D eigenvalue weighted by atomic mass is 79.9. The zero-order valence-electron chi connectivity index (χ0n) is 11.8. The van der Waals surface area contributed by atoms with Gasteiger partial charge in [-0.15, -0.1) is 21.5 Å². The molecule has 9 heteroatoms. The molecule has 2 heterocycles. The largest absolute Gasteiger partial charge is 0.321 e. The van der Waals surface area contributed by atoms with Crippen molar-refractivity contribution in [3.63, 3.8) is 0 Å².